The van der Waals surface area contributed by atoms with E-state index in [2.05, 4.69) is 0 Å². The van der Waals surface area contributed by atoms with Crippen LogP contribution in [0.5, 0.6) is 0 Å². The third-order valence-electron chi connectivity index (χ3n) is 3.61. The number of ketones is 1. The van der Waals surface area contributed by atoms with Crippen molar-refractivity contribution in [3.8, 4) is 0 Å². The molecule has 1 aliphatic heterocycles. The van der Waals surface area contributed by atoms with Gasteiger partial charge in [0.05, 0.1) is 7.11 Å². The minimum absolute atomic E-state index is 0.113. The van der Waals surface area contributed by atoms with E-state index in [4.69, 9.17) is 17.0 Å². The van der Waals surface area contributed by atoms with Gasteiger partial charge in [-0.05, 0) is 12.8 Å². The Morgan fingerprint density at radius 1 is 1.36 bits per heavy atom. The van der Waals surface area contributed by atoms with E-state index in [9.17, 15) is 9.59 Å². The third-order valence-corrected chi connectivity index (χ3v) is 5.09. The number of likely N-dealkylation sites (tertiary alicyclic amines) is 1. The fraction of sp³-hybridized carbons (Fsp3) is 0.438. The second-order valence-electron chi connectivity index (χ2n) is 5.03. The van der Waals surface area contributed by atoms with Gasteiger partial charge in [0.1, 0.15) is 10.4 Å². The van der Waals surface area contributed by atoms with Gasteiger partial charge in [-0.15, -0.1) is 0 Å². The number of methoxy groups -OCH3 is 1. The average Bonchev–Trinajstić information content (AvgIpc) is 3.04. The van der Waals surface area contributed by atoms with Crippen molar-refractivity contribution in [2.45, 2.75) is 25.3 Å². The Kier molecular flexibility index (Phi) is 6.39. The summed E-state index contributed by atoms with van der Waals surface area (Å²) in [5, 5.41) is 0. The van der Waals surface area contributed by atoms with Gasteiger partial charge in [-0.3, -0.25) is 4.79 Å². The molecule has 0 aliphatic carbocycles. The van der Waals surface area contributed by atoms with Crippen LogP contribution in [-0.2, 0) is 9.53 Å². The van der Waals surface area contributed by atoms with Crippen molar-refractivity contribution in [1.82, 2.24) is 4.90 Å². The normalized spacial score (nSPS) is 17.3. The van der Waals surface area contributed by atoms with Gasteiger partial charge in [0.15, 0.2) is 5.78 Å². The van der Waals surface area contributed by atoms with Crippen molar-refractivity contribution in [1.29, 1.82) is 0 Å². The van der Waals surface area contributed by atoms with Crippen LogP contribution in [0.2, 0.25) is 0 Å². The first kappa shape index (κ1) is 17.0. The van der Waals surface area contributed by atoms with Crippen molar-refractivity contribution in [2.24, 2.45) is 0 Å². The summed E-state index contributed by atoms with van der Waals surface area (Å²) < 4.78 is 5.49. The highest BCUT2D eigenvalue weighted by Crippen LogP contribution is 2.24. The first-order valence-electron chi connectivity index (χ1n) is 7.23. The molecule has 118 valence electrons. The summed E-state index contributed by atoms with van der Waals surface area (Å²) in [6.45, 7) is 0.776. The highest BCUT2D eigenvalue weighted by molar-refractivity contribution is 8.22. The lowest BCUT2D eigenvalue weighted by molar-refractivity contribution is -0.144. The third kappa shape index (κ3) is 4.30. The molecular formula is C16H19NO3S2. The predicted molar refractivity (Wildman–Crippen MR) is 92.2 cm³/mol. The lowest BCUT2D eigenvalue weighted by Gasteiger charge is -2.24. The lowest BCUT2D eigenvalue weighted by atomic mass is 10.1. The monoisotopic (exact) mass is 337 g/mol. The second kappa shape index (κ2) is 8.29. The van der Waals surface area contributed by atoms with Crippen LogP contribution in [0, 0.1) is 0 Å². The van der Waals surface area contributed by atoms with Gasteiger partial charge in [-0.1, -0.05) is 54.3 Å². The minimum Gasteiger partial charge on any atom is -0.467 e. The minimum atomic E-state index is -0.269. The number of hydrogen-bond donors (Lipinski definition) is 0. The molecule has 0 aromatic heterocycles. The van der Waals surface area contributed by atoms with E-state index >= 15 is 0 Å². The molecule has 1 aromatic rings. The van der Waals surface area contributed by atoms with E-state index in [1.807, 2.05) is 35.2 Å². The topological polar surface area (TPSA) is 46.6 Å². The summed E-state index contributed by atoms with van der Waals surface area (Å²) >= 11 is 6.85. The number of carbonyl (C=O) groups excluding carboxylic acids is 2. The summed E-state index contributed by atoms with van der Waals surface area (Å²) in [4.78, 5) is 25.6. The Morgan fingerprint density at radius 2 is 2.09 bits per heavy atom. The highest BCUT2D eigenvalue weighted by atomic mass is 32.2. The lowest BCUT2D eigenvalue weighted by Crippen LogP contribution is -2.39. The molecule has 0 amide bonds. The predicted octanol–water partition coefficient (Wildman–Crippen LogP) is 2.91. The first-order valence-corrected chi connectivity index (χ1v) is 8.62. The van der Waals surface area contributed by atoms with E-state index in [-0.39, 0.29) is 17.8 Å². The molecule has 1 atom stereocenters. The van der Waals surface area contributed by atoms with Crippen molar-refractivity contribution < 1.29 is 14.3 Å². The molecule has 1 saturated heterocycles. The molecular weight excluding hydrogens is 318 g/mol. The van der Waals surface area contributed by atoms with Crippen LogP contribution in [0.25, 0.3) is 0 Å². The number of thiocarbonyl (C=S) groups is 1. The zero-order valence-electron chi connectivity index (χ0n) is 12.5. The molecule has 0 bridgehead atoms. The number of esters is 1. The summed E-state index contributed by atoms with van der Waals surface area (Å²) in [5.74, 6) is 0.499. The van der Waals surface area contributed by atoms with Crippen molar-refractivity contribution in [3.05, 3.63) is 35.9 Å². The van der Waals surface area contributed by atoms with Crippen LogP contribution in [0.1, 0.15) is 29.6 Å². The summed E-state index contributed by atoms with van der Waals surface area (Å²) in [5.41, 5.74) is 0.725. The van der Waals surface area contributed by atoms with E-state index in [0.717, 1.165) is 24.9 Å². The zero-order chi connectivity index (χ0) is 15.9. The molecule has 1 fully saturated rings. The standard InChI is InChI=1S/C16H19NO3S2/c1-20-15(19)13-8-5-10-17(13)16(21)22-11-9-14(18)12-6-3-2-4-7-12/h2-4,6-7,13H,5,8-11H2,1H3/t13-/m0/s1. The van der Waals surface area contributed by atoms with Crippen LogP contribution in [0.3, 0.4) is 0 Å². The van der Waals surface area contributed by atoms with Crippen LogP contribution in [-0.4, -0.2) is 46.4 Å². The Morgan fingerprint density at radius 3 is 2.77 bits per heavy atom. The van der Waals surface area contributed by atoms with Gasteiger partial charge in [0, 0.05) is 24.3 Å². The Hall–Kier alpha value is -1.40. The second-order valence-corrected chi connectivity index (χ2v) is 6.76. The fourth-order valence-electron chi connectivity index (χ4n) is 2.45. The zero-order valence-corrected chi connectivity index (χ0v) is 14.1. The number of carbonyl (C=O) groups is 2. The summed E-state index contributed by atoms with van der Waals surface area (Å²) in [7, 11) is 1.40. The van der Waals surface area contributed by atoms with Crippen molar-refractivity contribution in [3.63, 3.8) is 0 Å². The summed E-state index contributed by atoms with van der Waals surface area (Å²) in [6, 6.07) is 8.97. The molecule has 4 nitrogen and oxygen atoms in total. The smallest absolute Gasteiger partial charge is 0.328 e. The molecule has 0 radical (unpaired) electrons. The SMILES string of the molecule is COC(=O)[C@@H]1CCCN1C(=S)SCCC(=O)c1ccccc1. The maximum atomic E-state index is 12.0. The molecule has 0 spiro atoms. The van der Waals surface area contributed by atoms with Crippen LogP contribution < -0.4 is 0 Å². The molecule has 0 N–H and O–H groups in total. The Labute approximate surface area is 140 Å². The largest absolute Gasteiger partial charge is 0.467 e. The van der Waals surface area contributed by atoms with Crippen molar-refractivity contribution >= 4 is 40.1 Å². The number of nitrogens with zero attached hydrogens (tertiary/aromatic N) is 1. The molecule has 6 heteroatoms. The highest BCUT2D eigenvalue weighted by Gasteiger charge is 2.33. The Bertz CT molecular complexity index is 548. The van der Waals surface area contributed by atoms with E-state index < -0.39 is 0 Å². The number of ether oxygens (including phenoxy) is 1. The van der Waals surface area contributed by atoms with Crippen LogP contribution in [0.15, 0.2) is 30.3 Å². The van der Waals surface area contributed by atoms with Crippen LogP contribution >= 0.6 is 24.0 Å². The fourth-order valence-corrected chi connectivity index (χ4v) is 3.76. The number of benzene rings is 1. The maximum absolute atomic E-state index is 12.0. The molecule has 1 aliphatic rings. The van der Waals surface area contributed by atoms with Gasteiger partial charge >= 0.3 is 5.97 Å². The molecule has 0 unspecified atom stereocenters. The van der Waals surface area contributed by atoms with Crippen molar-refractivity contribution in [2.75, 3.05) is 19.4 Å². The van der Waals surface area contributed by atoms with E-state index in [1.165, 1.54) is 18.9 Å². The van der Waals surface area contributed by atoms with Gasteiger partial charge in [-0.25, -0.2) is 4.79 Å². The first-order chi connectivity index (χ1) is 10.6. The van der Waals surface area contributed by atoms with E-state index in [1.54, 1.807) is 0 Å². The Balaban J connectivity index is 1.80. The van der Waals surface area contributed by atoms with Gasteiger partial charge in [0.2, 0.25) is 0 Å². The molecule has 1 aromatic carbocycles. The molecule has 22 heavy (non-hydrogen) atoms. The van der Waals surface area contributed by atoms with Gasteiger partial charge < -0.3 is 9.64 Å². The number of thioether (sulfide) groups is 1. The quantitative estimate of drug-likeness (QED) is 0.468. The van der Waals surface area contributed by atoms with Gasteiger partial charge in [0.25, 0.3) is 0 Å². The molecule has 1 heterocycles. The number of Topliss-reactive ketones (excluding diaryl/α,β-unsaturated/α-hetero) is 1. The van der Waals surface area contributed by atoms with Gasteiger partial charge in [-0.2, -0.15) is 0 Å². The van der Waals surface area contributed by atoms with E-state index in [0.29, 0.717) is 16.5 Å². The number of hydrogen-bond acceptors (Lipinski definition) is 5. The van der Waals surface area contributed by atoms with Crippen LogP contribution in [0.4, 0.5) is 0 Å². The molecule has 2 rings (SSSR count). The number of rotatable bonds is 5. The maximum Gasteiger partial charge on any atom is 0.328 e. The average molecular weight is 337 g/mol. The summed E-state index contributed by atoms with van der Waals surface area (Å²) in [6.07, 6.45) is 2.14. The molecule has 0 saturated carbocycles.